The highest BCUT2D eigenvalue weighted by Gasteiger charge is 2.35. The van der Waals surface area contributed by atoms with Gasteiger partial charge in [0, 0.05) is 18.7 Å². The quantitative estimate of drug-likeness (QED) is 0.703. The Morgan fingerprint density at radius 1 is 1.12 bits per heavy atom. The van der Waals surface area contributed by atoms with Gasteiger partial charge in [-0.15, -0.1) is 0 Å². The summed E-state index contributed by atoms with van der Waals surface area (Å²) in [4.78, 5) is 26.5. The molecule has 0 bridgehead atoms. The zero-order chi connectivity index (χ0) is 18.8. The number of nitrogens with one attached hydrogen (secondary N) is 1. The highest BCUT2D eigenvalue weighted by atomic mass is 35.5. The van der Waals surface area contributed by atoms with Crippen molar-refractivity contribution in [3.8, 4) is 0 Å². The molecule has 136 valence electrons. The summed E-state index contributed by atoms with van der Waals surface area (Å²) in [6.45, 7) is 2.40. The van der Waals surface area contributed by atoms with Crippen molar-refractivity contribution < 1.29 is 9.59 Å². The van der Waals surface area contributed by atoms with Crippen molar-refractivity contribution in [1.82, 2.24) is 0 Å². The Hall–Kier alpha value is -1.75. The molecule has 0 spiro atoms. The van der Waals surface area contributed by atoms with E-state index in [4.69, 9.17) is 34.8 Å². The summed E-state index contributed by atoms with van der Waals surface area (Å²) in [6.07, 6.45) is 1.09. The van der Waals surface area contributed by atoms with Gasteiger partial charge in [-0.25, -0.2) is 0 Å². The van der Waals surface area contributed by atoms with Gasteiger partial charge in [-0.1, -0.05) is 53.9 Å². The predicted molar refractivity (Wildman–Crippen MR) is 106 cm³/mol. The van der Waals surface area contributed by atoms with Crippen LogP contribution in [0, 0.1) is 5.92 Å². The van der Waals surface area contributed by atoms with Crippen LogP contribution >= 0.6 is 34.8 Å². The van der Waals surface area contributed by atoms with Gasteiger partial charge in [0.15, 0.2) is 0 Å². The number of anilines is 2. The number of carbonyl (C=O) groups excluding carboxylic acids is 2. The van der Waals surface area contributed by atoms with Gasteiger partial charge in [0.1, 0.15) is 0 Å². The van der Waals surface area contributed by atoms with E-state index in [1.54, 1.807) is 4.90 Å². The molecule has 1 N–H and O–H groups in total. The molecule has 1 fully saturated rings. The van der Waals surface area contributed by atoms with Gasteiger partial charge in [0.05, 0.1) is 26.7 Å². The van der Waals surface area contributed by atoms with Gasteiger partial charge in [-0.05, 0) is 36.2 Å². The number of aryl methyl sites for hydroxylation is 1. The molecule has 2 amide bonds. The van der Waals surface area contributed by atoms with Gasteiger partial charge in [-0.2, -0.15) is 0 Å². The molecule has 4 nitrogen and oxygen atoms in total. The molecule has 2 aromatic carbocycles. The zero-order valence-electron chi connectivity index (χ0n) is 14.1. The summed E-state index contributed by atoms with van der Waals surface area (Å²) >= 11 is 18.0. The van der Waals surface area contributed by atoms with Crippen LogP contribution < -0.4 is 10.2 Å². The van der Waals surface area contributed by atoms with E-state index in [0.717, 1.165) is 12.1 Å². The number of benzene rings is 2. The minimum atomic E-state index is -0.459. The average molecular weight is 412 g/mol. The van der Waals surface area contributed by atoms with Crippen LogP contribution in [0.25, 0.3) is 0 Å². The molecule has 0 saturated carbocycles. The number of hydrogen-bond donors (Lipinski definition) is 1. The lowest BCUT2D eigenvalue weighted by Crippen LogP contribution is -2.28. The van der Waals surface area contributed by atoms with Crippen LogP contribution in [0.3, 0.4) is 0 Å². The van der Waals surface area contributed by atoms with Crippen LogP contribution in [-0.4, -0.2) is 18.4 Å². The third kappa shape index (κ3) is 3.98. The summed E-state index contributed by atoms with van der Waals surface area (Å²) in [5.41, 5.74) is 2.38. The second-order valence-corrected chi connectivity index (χ2v) is 7.38. The van der Waals surface area contributed by atoms with Crippen molar-refractivity contribution in [2.75, 3.05) is 16.8 Å². The highest BCUT2D eigenvalue weighted by Crippen LogP contribution is 2.33. The van der Waals surface area contributed by atoms with E-state index < -0.39 is 5.92 Å². The number of nitrogens with zero attached hydrogens (tertiary/aromatic N) is 1. The minimum absolute atomic E-state index is 0.0744. The van der Waals surface area contributed by atoms with E-state index in [1.165, 1.54) is 17.7 Å². The molecule has 7 heteroatoms. The Kier molecular flexibility index (Phi) is 5.76. The van der Waals surface area contributed by atoms with Crippen molar-refractivity contribution in [3.05, 3.63) is 57.0 Å². The number of rotatable bonds is 4. The molecule has 0 unspecified atom stereocenters. The van der Waals surface area contributed by atoms with E-state index >= 15 is 0 Å². The predicted octanol–water partition coefficient (Wildman–Crippen LogP) is 5.20. The summed E-state index contributed by atoms with van der Waals surface area (Å²) in [6, 6.07) is 10.8. The number of hydrogen-bond acceptors (Lipinski definition) is 2. The van der Waals surface area contributed by atoms with E-state index in [9.17, 15) is 9.59 Å². The van der Waals surface area contributed by atoms with Gasteiger partial charge in [0.25, 0.3) is 0 Å². The van der Waals surface area contributed by atoms with E-state index in [1.807, 2.05) is 24.3 Å². The maximum absolute atomic E-state index is 12.6. The summed E-state index contributed by atoms with van der Waals surface area (Å²) in [5.74, 6) is -0.806. The van der Waals surface area contributed by atoms with E-state index in [2.05, 4.69) is 12.2 Å². The molecule has 0 aliphatic carbocycles. The number of halogens is 3. The lowest BCUT2D eigenvalue weighted by Gasteiger charge is -2.17. The van der Waals surface area contributed by atoms with Crippen LogP contribution in [0.2, 0.25) is 15.1 Å². The van der Waals surface area contributed by atoms with Crippen molar-refractivity contribution in [3.63, 3.8) is 0 Å². The van der Waals surface area contributed by atoms with Crippen LogP contribution in [0.4, 0.5) is 11.4 Å². The van der Waals surface area contributed by atoms with Crippen LogP contribution in [0.5, 0.6) is 0 Å². The Labute approximate surface area is 167 Å². The molecule has 26 heavy (non-hydrogen) atoms. The molecule has 2 aromatic rings. The second-order valence-electron chi connectivity index (χ2n) is 6.16. The van der Waals surface area contributed by atoms with Crippen molar-refractivity contribution >= 4 is 58.0 Å². The fourth-order valence-electron chi connectivity index (χ4n) is 2.90. The summed E-state index contributed by atoms with van der Waals surface area (Å²) in [5, 5.41) is 3.64. The molecule has 1 atom stereocenters. The monoisotopic (exact) mass is 410 g/mol. The Morgan fingerprint density at radius 3 is 2.42 bits per heavy atom. The van der Waals surface area contributed by atoms with Gasteiger partial charge < -0.3 is 10.2 Å². The van der Waals surface area contributed by atoms with Gasteiger partial charge in [0.2, 0.25) is 11.8 Å². The standard InChI is InChI=1S/C19H17Cl3N2O2/c1-2-11-3-5-13(6-4-11)24-10-12(7-18(24)25)19(26)23-17-9-15(21)14(20)8-16(17)22/h3-6,8-9,12H,2,7,10H2,1H3,(H,23,26)/t12-/m0/s1. The largest absolute Gasteiger partial charge is 0.324 e. The first kappa shape index (κ1) is 19.0. The smallest absolute Gasteiger partial charge is 0.229 e. The molecule has 0 radical (unpaired) electrons. The molecule has 0 aromatic heterocycles. The summed E-state index contributed by atoms with van der Waals surface area (Å²) < 4.78 is 0. The fourth-order valence-corrected chi connectivity index (χ4v) is 3.49. The normalized spacial score (nSPS) is 16.8. The molecular formula is C19H17Cl3N2O2. The topological polar surface area (TPSA) is 49.4 Å². The number of carbonyl (C=O) groups is 2. The molecular weight excluding hydrogens is 395 g/mol. The average Bonchev–Trinajstić information content (AvgIpc) is 3.01. The second kappa shape index (κ2) is 7.87. The Balaban J connectivity index is 1.71. The van der Waals surface area contributed by atoms with Crippen LogP contribution in [-0.2, 0) is 16.0 Å². The first-order chi connectivity index (χ1) is 12.4. The lowest BCUT2D eigenvalue weighted by molar-refractivity contribution is -0.122. The molecule has 3 rings (SSSR count). The van der Waals surface area contributed by atoms with Crippen LogP contribution in [0.1, 0.15) is 18.9 Å². The fraction of sp³-hybridized carbons (Fsp3) is 0.263. The van der Waals surface area contributed by atoms with Crippen molar-refractivity contribution in [2.24, 2.45) is 5.92 Å². The Morgan fingerprint density at radius 2 is 1.77 bits per heavy atom. The molecule has 1 heterocycles. The first-order valence-corrected chi connectivity index (χ1v) is 9.37. The van der Waals surface area contributed by atoms with E-state index in [-0.39, 0.29) is 18.2 Å². The lowest BCUT2D eigenvalue weighted by atomic mass is 10.1. The van der Waals surface area contributed by atoms with Crippen molar-refractivity contribution in [1.29, 1.82) is 0 Å². The van der Waals surface area contributed by atoms with E-state index in [0.29, 0.717) is 27.3 Å². The summed E-state index contributed by atoms with van der Waals surface area (Å²) in [7, 11) is 0. The third-order valence-corrected chi connectivity index (χ3v) is 5.45. The van der Waals surface area contributed by atoms with Gasteiger partial charge in [-0.3, -0.25) is 9.59 Å². The minimum Gasteiger partial charge on any atom is -0.324 e. The first-order valence-electron chi connectivity index (χ1n) is 8.23. The van der Waals surface area contributed by atoms with Gasteiger partial charge >= 0.3 is 0 Å². The zero-order valence-corrected chi connectivity index (χ0v) is 16.3. The van der Waals surface area contributed by atoms with Crippen LogP contribution in [0.15, 0.2) is 36.4 Å². The molecule has 1 saturated heterocycles. The Bertz CT molecular complexity index is 853. The SMILES string of the molecule is CCc1ccc(N2C[C@@H](C(=O)Nc3cc(Cl)c(Cl)cc3Cl)CC2=O)cc1. The molecule has 1 aliphatic heterocycles. The molecule has 1 aliphatic rings. The van der Waals surface area contributed by atoms with Crippen molar-refractivity contribution in [2.45, 2.75) is 19.8 Å². The highest BCUT2D eigenvalue weighted by molar-refractivity contribution is 6.44. The third-order valence-electron chi connectivity index (χ3n) is 4.42. The number of amides is 2. The maximum Gasteiger partial charge on any atom is 0.229 e. The maximum atomic E-state index is 12.6.